The van der Waals surface area contributed by atoms with Gasteiger partial charge in [-0.1, -0.05) is 13.8 Å². The van der Waals surface area contributed by atoms with E-state index < -0.39 is 23.6 Å². The molecule has 2 amide bonds. The van der Waals surface area contributed by atoms with E-state index >= 15 is 0 Å². The number of urea groups is 1. The van der Waals surface area contributed by atoms with Gasteiger partial charge in [-0.15, -0.1) is 0 Å². The van der Waals surface area contributed by atoms with Crippen LogP contribution in [0.25, 0.3) is 0 Å². The zero-order valence-electron chi connectivity index (χ0n) is 12.4. The van der Waals surface area contributed by atoms with Crippen molar-refractivity contribution in [1.82, 2.24) is 10.6 Å². The number of carbonyl (C=O) groups excluding carboxylic acids is 1. The van der Waals surface area contributed by atoms with Gasteiger partial charge in [0.2, 0.25) is 0 Å². The lowest BCUT2D eigenvalue weighted by molar-refractivity contribution is -0.142. The summed E-state index contributed by atoms with van der Waals surface area (Å²) >= 11 is 0. The highest BCUT2D eigenvalue weighted by atomic mass is 16.5. The van der Waals surface area contributed by atoms with E-state index in [1.807, 2.05) is 20.8 Å². The van der Waals surface area contributed by atoms with Gasteiger partial charge in [-0.05, 0) is 33.1 Å². The lowest BCUT2D eigenvalue weighted by atomic mass is 10.1. The predicted octanol–water partition coefficient (Wildman–Crippen LogP) is 1.60. The highest BCUT2D eigenvalue weighted by Gasteiger charge is 2.22. The van der Waals surface area contributed by atoms with Crippen LogP contribution in [0.1, 0.15) is 41.0 Å². The molecule has 112 valence electrons. The van der Waals surface area contributed by atoms with E-state index in [1.165, 1.54) is 0 Å². The fourth-order valence-corrected chi connectivity index (χ4v) is 1.19. The van der Waals surface area contributed by atoms with E-state index in [0.29, 0.717) is 12.5 Å². The Kier molecular flexibility index (Phi) is 7.44. The van der Waals surface area contributed by atoms with Gasteiger partial charge in [-0.2, -0.15) is 0 Å². The maximum Gasteiger partial charge on any atom is 0.328 e. The van der Waals surface area contributed by atoms with Crippen LogP contribution >= 0.6 is 0 Å². The van der Waals surface area contributed by atoms with Crippen LogP contribution in [0.3, 0.4) is 0 Å². The summed E-state index contributed by atoms with van der Waals surface area (Å²) in [5, 5.41) is 14.0. The number of aliphatic carboxylic acids is 1. The molecule has 0 radical (unpaired) electrons. The molecule has 6 nitrogen and oxygen atoms in total. The van der Waals surface area contributed by atoms with Gasteiger partial charge in [0.15, 0.2) is 6.04 Å². The predicted molar refractivity (Wildman–Crippen MR) is 73.1 cm³/mol. The Morgan fingerprint density at radius 3 is 2.26 bits per heavy atom. The molecule has 0 rings (SSSR count). The first-order chi connectivity index (χ1) is 8.61. The van der Waals surface area contributed by atoms with Gasteiger partial charge in [0.25, 0.3) is 0 Å². The number of rotatable bonds is 7. The minimum Gasteiger partial charge on any atom is -0.480 e. The van der Waals surface area contributed by atoms with Crippen molar-refractivity contribution in [2.24, 2.45) is 5.92 Å². The van der Waals surface area contributed by atoms with Crippen LogP contribution in [-0.4, -0.2) is 41.9 Å². The van der Waals surface area contributed by atoms with Crippen LogP contribution in [0, 0.1) is 5.92 Å². The van der Waals surface area contributed by atoms with Crippen LogP contribution in [-0.2, 0) is 9.53 Å². The Morgan fingerprint density at radius 1 is 1.26 bits per heavy atom. The first kappa shape index (κ1) is 17.7. The molecule has 0 heterocycles. The molecule has 0 aromatic carbocycles. The molecule has 0 spiro atoms. The molecule has 0 bridgehead atoms. The number of carboxylic acids is 1. The average molecular weight is 274 g/mol. The fraction of sp³-hybridized carbons (Fsp3) is 0.846. The summed E-state index contributed by atoms with van der Waals surface area (Å²) in [4.78, 5) is 22.5. The Bertz CT molecular complexity index is 298. The van der Waals surface area contributed by atoms with E-state index in [-0.39, 0.29) is 6.61 Å². The van der Waals surface area contributed by atoms with E-state index in [0.717, 1.165) is 6.42 Å². The zero-order chi connectivity index (χ0) is 15.1. The molecule has 0 aliphatic carbocycles. The van der Waals surface area contributed by atoms with Crippen molar-refractivity contribution in [3.05, 3.63) is 0 Å². The smallest absolute Gasteiger partial charge is 0.328 e. The van der Waals surface area contributed by atoms with Crippen molar-refractivity contribution in [3.63, 3.8) is 0 Å². The number of carbonyl (C=O) groups is 2. The lowest BCUT2D eigenvalue weighted by Crippen LogP contribution is -2.49. The maximum absolute atomic E-state index is 11.5. The molecule has 19 heavy (non-hydrogen) atoms. The van der Waals surface area contributed by atoms with Crippen LogP contribution in [0.2, 0.25) is 0 Å². The SMILES string of the molecule is CC(C)CCNC(=O)N[C@@H](COC(C)(C)C)C(=O)O. The molecular weight excluding hydrogens is 248 g/mol. The second kappa shape index (κ2) is 7.99. The molecule has 6 heteroatoms. The maximum atomic E-state index is 11.5. The molecule has 0 aromatic rings. The van der Waals surface area contributed by atoms with Gasteiger partial charge < -0.3 is 20.5 Å². The first-order valence-electron chi connectivity index (χ1n) is 6.53. The molecule has 0 aliphatic heterocycles. The Morgan fingerprint density at radius 2 is 1.84 bits per heavy atom. The fourth-order valence-electron chi connectivity index (χ4n) is 1.19. The van der Waals surface area contributed by atoms with Crippen molar-refractivity contribution >= 4 is 12.0 Å². The van der Waals surface area contributed by atoms with E-state index in [2.05, 4.69) is 24.5 Å². The Labute approximate surface area is 114 Å². The molecular formula is C13H26N2O4. The summed E-state index contributed by atoms with van der Waals surface area (Å²) in [6, 6.07) is -1.52. The average Bonchev–Trinajstić information content (AvgIpc) is 2.21. The minimum absolute atomic E-state index is 0.0591. The summed E-state index contributed by atoms with van der Waals surface area (Å²) in [6.07, 6.45) is 0.851. The zero-order valence-corrected chi connectivity index (χ0v) is 12.4. The van der Waals surface area contributed by atoms with Gasteiger partial charge in [0, 0.05) is 6.54 Å². The number of hydrogen-bond donors (Lipinski definition) is 3. The number of nitrogens with one attached hydrogen (secondary N) is 2. The molecule has 3 N–H and O–H groups in total. The molecule has 0 aromatic heterocycles. The standard InChI is InChI=1S/C13H26N2O4/c1-9(2)6-7-14-12(18)15-10(11(16)17)8-19-13(3,4)5/h9-10H,6-8H2,1-5H3,(H,16,17)(H2,14,15,18)/t10-/m0/s1. The van der Waals surface area contributed by atoms with Gasteiger partial charge in [-0.3, -0.25) is 0 Å². The van der Waals surface area contributed by atoms with Gasteiger partial charge in [0.05, 0.1) is 12.2 Å². The van der Waals surface area contributed by atoms with Crippen molar-refractivity contribution in [2.75, 3.05) is 13.2 Å². The van der Waals surface area contributed by atoms with Gasteiger partial charge in [0.1, 0.15) is 0 Å². The van der Waals surface area contributed by atoms with Crippen LogP contribution in [0.5, 0.6) is 0 Å². The van der Waals surface area contributed by atoms with Crippen molar-refractivity contribution < 1.29 is 19.4 Å². The number of ether oxygens (including phenoxy) is 1. The number of hydrogen-bond acceptors (Lipinski definition) is 3. The topological polar surface area (TPSA) is 87.7 Å². The van der Waals surface area contributed by atoms with Gasteiger partial charge in [-0.25, -0.2) is 9.59 Å². The van der Waals surface area contributed by atoms with E-state index in [4.69, 9.17) is 9.84 Å². The molecule has 1 atom stereocenters. The number of amides is 2. The first-order valence-corrected chi connectivity index (χ1v) is 6.53. The quantitative estimate of drug-likeness (QED) is 0.658. The largest absolute Gasteiger partial charge is 0.480 e. The molecule has 0 saturated heterocycles. The van der Waals surface area contributed by atoms with Crippen molar-refractivity contribution in [2.45, 2.75) is 52.7 Å². The Hall–Kier alpha value is -1.30. The summed E-state index contributed by atoms with van der Waals surface area (Å²) < 4.78 is 5.37. The second-order valence-electron chi connectivity index (χ2n) is 5.90. The number of carboxylic acid groups (broad SMARTS) is 1. The van der Waals surface area contributed by atoms with Crippen LogP contribution in [0.15, 0.2) is 0 Å². The third-order valence-corrected chi connectivity index (χ3v) is 2.29. The van der Waals surface area contributed by atoms with E-state index in [1.54, 1.807) is 0 Å². The molecule has 0 aliphatic rings. The molecule has 0 fully saturated rings. The van der Waals surface area contributed by atoms with Crippen molar-refractivity contribution in [3.8, 4) is 0 Å². The van der Waals surface area contributed by atoms with Crippen molar-refractivity contribution in [1.29, 1.82) is 0 Å². The van der Waals surface area contributed by atoms with Crippen LogP contribution < -0.4 is 10.6 Å². The lowest BCUT2D eigenvalue weighted by Gasteiger charge is -2.23. The van der Waals surface area contributed by atoms with E-state index in [9.17, 15) is 9.59 Å². The third-order valence-electron chi connectivity index (χ3n) is 2.29. The normalized spacial score (nSPS) is 13.2. The summed E-state index contributed by atoms with van der Waals surface area (Å²) in [5.41, 5.74) is -0.441. The molecule has 0 saturated carbocycles. The van der Waals surface area contributed by atoms with Crippen LogP contribution in [0.4, 0.5) is 4.79 Å². The molecule has 0 unspecified atom stereocenters. The van der Waals surface area contributed by atoms with Gasteiger partial charge >= 0.3 is 12.0 Å². The third kappa shape index (κ3) is 10.3. The summed E-state index contributed by atoms with van der Waals surface area (Å²) in [6.45, 7) is 10.1. The minimum atomic E-state index is -1.11. The second-order valence-corrected chi connectivity index (χ2v) is 5.90. The summed E-state index contributed by atoms with van der Waals surface area (Å²) in [7, 11) is 0. The Balaban J connectivity index is 4.13. The highest BCUT2D eigenvalue weighted by molar-refractivity contribution is 5.82. The highest BCUT2D eigenvalue weighted by Crippen LogP contribution is 2.07. The monoisotopic (exact) mass is 274 g/mol. The summed E-state index contributed by atoms with van der Waals surface area (Å²) in [5.74, 6) is -0.622.